The predicted octanol–water partition coefficient (Wildman–Crippen LogP) is 3.65. The van der Waals surface area contributed by atoms with Crippen LogP contribution >= 0.6 is 11.6 Å². The maximum absolute atomic E-state index is 5.98. The third-order valence-corrected chi connectivity index (χ3v) is 2.43. The molecular formula is C11H16ClN. The fourth-order valence-electron chi connectivity index (χ4n) is 1.49. The van der Waals surface area contributed by atoms with Gasteiger partial charge in [-0.05, 0) is 25.0 Å². The second-order valence-corrected chi connectivity index (χ2v) is 4.87. The molecule has 0 bridgehead atoms. The number of pyridine rings is 1. The molecule has 13 heavy (non-hydrogen) atoms. The van der Waals surface area contributed by atoms with Crippen molar-refractivity contribution in [2.75, 3.05) is 0 Å². The molecule has 0 aliphatic rings. The van der Waals surface area contributed by atoms with Gasteiger partial charge in [-0.2, -0.15) is 0 Å². The monoisotopic (exact) mass is 197 g/mol. The minimum Gasteiger partial charge on any atom is -0.240 e. The van der Waals surface area contributed by atoms with Crippen molar-refractivity contribution in [1.29, 1.82) is 0 Å². The van der Waals surface area contributed by atoms with Crippen LogP contribution in [-0.4, -0.2) is 4.98 Å². The highest BCUT2D eigenvalue weighted by atomic mass is 35.5. The van der Waals surface area contributed by atoms with Crippen LogP contribution in [0.5, 0.6) is 0 Å². The Morgan fingerprint density at radius 2 is 1.69 bits per heavy atom. The summed E-state index contributed by atoms with van der Waals surface area (Å²) in [6, 6.07) is 2.09. The minimum absolute atomic E-state index is 0.0709. The Kier molecular flexibility index (Phi) is 2.67. The van der Waals surface area contributed by atoms with Gasteiger partial charge in [0.1, 0.15) is 5.15 Å². The Bertz CT molecular complexity index is 324. The molecule has 1 aromatic heterocycles. The average Bonchev–Trinajstić information content (AvgIpc) is 1.94. The highest BCUT2D eigenvalue weighted by molar-refractivity contribution is 6.30. The molecule has 0 radical (unpaired) electrons. The third kappa shape index (κ3) is 2.22. The van der Waals surface area contributed by atoms with Gasteiger partial charge in [0.15, 0.2) is 0 Å². The minimum atomic E-state index is 0.0709. The quantitative estimate of drug-likeness (QED) is 0.579. The molecular weight excluding hydrogens is 182 g/mol. The van der Waals surface area contributed by atoms with E-state index in [1.54, 1.807) is 0 Å². The molecule has 0 atom stereocenters. The van der Waals surface area contributed by atoms with Crippen LogP contribution < -0.4 is 0 Å². The number of hydrogen-bond acceptors (Lipinski definition) is 1. The molecule has 0 aliphatic heterocycles. The molecule has 72 valence electrons. The zero-order valence-corrected chi connectivity index (χ0v) is 9.66. The lowest BCUT2D eigenvalue weighted by molar-refractivity contribution is 0.564. The van der Waals surface area contributed by atoms with Crippen molar-refractivity contribution in [3.8, 4) is 0 Å². The molecule has 1 heterocycles. The predicted molar refractivity (Wildman–Crippen MR) is 57.4 cm³/mol. The number of hydrogen-bond donors (Lipinski definition) is 0. The number of halogens is 1. The normalized spacial score (nSPS) is 11.8. The Hall–Kier alpha value is -0.560. The zero-order valence-electron chi connectivity index (χ0n) is 8.90. The first kappa shape index (κ1) is 10.5. The van der Waals surface area contributed by atoms with E-state index in [0.29, 0.717) is 5.15 Å². The molecule has 2 heteroatoms. The van der Waals surface area contributed by atoms with Crippen molar-refractivity contribution in [3.63, 3.8) is 0 Å². The lowest BCUT2D eigenvalue weighted by Crippen LogP contribution is -2.15. The second-order valence-electron chi connectivity index (χ2n) is 4.51. The van der Waals surface area contributed by atoms with E-state index in [9.17, 15) is 0 Å². The second kappa shape index (κ2) is 3.30. The van der Waals surface area contributed by atoms with E-state index in [4.69, 9.17) is 11.6 Å². The van der Waals surface area contributed by atoms with Gasteiger partial charge < -0.3 is 0 Å². The molecule has 0 aliphatic carbocycles. The molecule has 1 nitrogen and oxygen atoms in total. The highest BCUT2D eigenvalue weighted by Crippen LogP contribution is 2.26. The molecule has 0 saturated heterocycles. The summed E-state index contributed by atoms with van der Waals surface area (Å²) in [5.41, 5.74) is 3.42. The standard InChI is InChI=1S/C11H16ClN/c1-7-6-8(2)10(12)13-9(7)11(3,4)5/h6H,1-5H3. The van der Waals surface area contributed by atoms with Gasteiger partial charge in [-0.15, -0.1) is 0 Å². The Balaban J connectivity index is 3.32. The van der Waals surface area contributed by atoms with Crippen molar-refractivity contribution < 1.29 is 0 Å². The summed E-state index contributed by atoms with van der Waals surface area (Å²) in [4.78, 5) is 4.41. The molecule has 1 rings (SSSR count). The molecule has 0 N–H and O–H groups in total. The molecule has 0 unspecified atom stereocenters. The van der Waals surface area contributed by atoms with Crippen molar-refractivity contribution in [2.24, 2.45) is 0 Å². The van der Waals surface area contributed by atoms with E-state index in [2.05, 4.69) is 38.7 Å². The van der Waals surface area contributed by atoms with Crippen molar-refractivity contribution in [1.82, 2.24) is 4.98 Å². The van der Waals surface area contributed by atoms with Gasteiger partial charge in [0.2, 0.25) is 0 Å². The third-order valence-electron chi connectivity index (χ3n) is 2.05. The van der Waals surface area contributed by atoms with E-state index in [0.717, 1.165) is 11.3 Å². The average molecular weight is 198 g/mol. The van der Waals surface area contributed by atoms with E-state index < -0.39 is 0 Å². The van der Waals surface area contributed by atoms with Gasteiger partial charge in [0, 0.05) is 5.41 Å². The Labute approximate surface area is 85.1 Å². The largest absolute Gasteiger partial charge is 0.240 e. The summed E-state index contributed by atoms with van der Waals surface area (Å²) < 4.78 is 0. The highest BCUT2D eigenvalue weighted by Gasteiger charge is 2.18. The lowest BCUT2D eigenvalue weighted by atomic mass is 9.88. The summed E-state index contributed by atoms with van der Waals surface area (Å²) in [5.74, 6) is 0. The summed E-state index contributed by atoms with van der Waals surface area (Å²) in [7, 11) is 0. The van der Waals surface area contributed by atoms with E-state index in [1.807, 2.05) is 6.92 Å². The van der Waals surface area contributed by atoms with Gasteiger partial charge in [-0.1, -0.05) is 38.4 Å². The maximum Gasteiger partial charge on any atom is 0.132 e. The summed E-state index contributed by atoms with van der Waals surface area (Å²) >= 11 is 5.98. The maximum atomic E-state index is 5.98. The van der Waals surface area contributed by atoms with E-state index in [1.165, 1.54) is 5.56 Å². The zero-order chi connectivity index (χ0) is 10.2. The number of aromatic nitrogens is 1. The van der Waals surface area contributed by atoms with Crippen LogP contribution in [0, 0.1) is 13.8 Å². The smallest absolute Gasteiger partial charge is 0.132 e. The van der Waals surface area contributed by atoms with Crippen molar-refractivity contribution >= 4 is 11.6 Å². The fourth-order valence-corrected chi connectivity index (χ4v) is 1.63. The van der Waals surface area contributed by atoms with Gasteiger partial charge >= 0.3 is 0 Å². The van der Waals surface area contributed by atoms with Crippen molar-refractivity contribution in [3.05, 3.63) is 28.0 Å². The summed E-state index contributed by atoms with van der Waals surface area (Å²) in [6.07, 6.45) is 0. The van der Waals surface area contributed by atoms with Gasteiger partial charge in [-0.25, -0.2) is 4.98 Å². The molecule has 0 saturated carbocycles. The van der Waals surface area contributed by atoms with E-state index >= 15 is 0 Å². The van der Waals surface area contributed by atoms with Crippen molar-refractivity contribution in [2.45, 2.75) is 40.0 Å². The first-order chi connectivity index (χ1) is 5.82. The topological polar surface area (TPSA) is 12.9 Å². The molecule has 0 amide bonds. The van der Waals surface area contributed by atoms with Crippen LogP contribution in [0.2, 0.25) is 5.15 Å². The number of rotatable bonds is 0. The Morgan fingerprint density at radius 3 is 2.15 bits per heavy atom. The van der Waals surface area contributed by atoms with Gasteiger partial charge in [0.05, 0.1) is 5.69 Å². The van der Waals surface area contributed by atoms with Crippen LogP contribution in [0.3, 0.4) is 0 Å². The van der Waals surface area contributed by atoms with Crippen LogP contribution in [0.25, 0.3) is 0 Å². The first-order valence-electron chi connectivity index (χ1n) is 4.46. The van der Waals surface area contributed by atoms with E-state index in [-0.39, 0.29) is 5.41 Å². The first-order valence-corrected chi connectivity index (χ1v) is 4.84. The summed E-state index contributed by atoms with van der Waals surface area (Å²) in [5, 5.41) is 0.621. The van der Waals surface area contributed by atoms with Crippen LogP contribution in [-0.2, 0) is 5.41 Å². The lowest BCUT2D eigenvalue weighted by Gasteiger charge is -2.20. The SMILES string of the molecule is Cc1cc(C)c(C(C)(C)C)nc1Cl. The molecule has 0 aromatic carbocycles. The molecule has 0 fully saturated rings. The van der Waals surface area contributed by atoms with Crippen LogP contribution in [0.15, 0.2) is 6.07 Å². The summed E-state index contributed by atoms with van der Waals surface area (Å²) in [6.45, 7) is 10.5. The molecule has 1 aromatic rings. The number of aryl methyl sites for hydroxylation is 2. The fraction of sp³-hybridized carbons (Fsp3) is 0.545. The van der Waals surface area contributed by atoms with Crippen LogP contribution in [0.4, 0.5) is 0 Å². The Morgan fingerprint density at radius 1 is 1.15 bits per heavy atom. The van der Waals surface area contributed by atoms with Gasteiger partial charge in [0.25, 0.3) is 0 Å². The molecule has 0 spiro atoms. The van der Waals surface area contributed by atoms with Crippen LogP contribution in [0.1, 0.15) is 37.6 Å². The van der Waals surface area contributed by atoms with Gasteiger partial charge in [-0.3, -0.25) is 0 Å². The number of nitrogens with zero attached hydrogens (tertiary/aromatic N) is 1.